The summed E-state index contributed by atoms with van der Waals surface area (Å²) in [6, 6.07) is 1.46. The first-order valence-electron chi connectivity index (χ1n) is 7.48. The molecule has 0 aliphatic heterocycles. The molecule has 2 atom stereocenters. The second-order valence-corrected chi connectivity index (χ2v) is 6.32. The summed E-state index contributed by atoms with van der Waals surface area (Å²) in [6.45, 7) is 11.0. The van der Waals surface area contributed by atoms with Gasteiger partial charge >= 0.3 is 0 Å². The van der Waals surface area contributed by atoms with Crippen molar-refractivity contribution in [1.82, 2.24) is 4.90 Å². The molecule has 0 amide bonds. The fourth-order valence-electron chi connectivity index (χ4n) is 3.33. The van der Waals surface area contributed by atoms with Crippen LogP contribution in [-0.2, 0) is 4.74 Å². The Morgan fingerprint density at radius 1 is 1.33 bits per heavy atom. The van der Waals surface area contributed by atoms with E-state index in [4.69, 9.17) is 10.5 Å². The van der Waals surface area contributed by atoms with E-state index in [0.717, 1.165) is 13.2 Å². The van der Waals surface area contributed by atoms with Crippen LogP contribution >= 0.6 is 0 Å². The van der Waals surface area contributed by atoms with Crippen LogP contribution in [0.25, 0.3) is 0 Å². The molecule has 1 rings (SSSR count). The summed E-state index contributed by atoms with van der Waals surface area (Å²) in [5, 5.41) is 0. The third kappa shape index (κ3) is 3.46. The van der Waals surface area contributed by atoms with E-state index < -0.39 is 0 Å². The van der Waals surface area contributed by atoms with Crippen LogP contribution in [0.3, 0.4) is 0 Å². The molecule has 3 nitrogen and oxygen atoms in total. The third-order valence-corrected chi connectivity index (χ3v) is 4.79. The summed E-state index contributed by atoms with van der Waals surface area (Å²) in [5.74, 6) is 0. The molecule has 0 aromatic heterocycles. The monoisotopic (exact) mass is 256 g/mol. The standard InChI is InChI=1S/C15H32N2O/c1-6-12(7-2)17(10-11-18-5)13-8-9-15(3,4)14(13)16/h12-14H,6-11,16H2,1-5H3. The van der Waals surface area contributed by atoms with Gasteiger partial charge in [-0.1, -0.05) is 27.7 Å². The van der Waals surface area contributed by atoms with Crippen molar-refractivity contribution >= 4 is 0 Å². The normalized spacial score (nSPS) is 27.3. The molecule has 0 bridgehead atoms. The predicted molar refractivity (Wildman–Crippen MR) is 77.7 cm³/mol. The lowest BCUT2D eigenvalue weighted by molar-refractivity contribution is 0.0687. The zero-order valence-electron chi connectivity index (χ0n) is 12.9. The summed E-state index contributed by atoms with van der Waals surface area (Å²) in [7, 11) is 1.78. The van der Waals surface area contributed by atoms with Crippen molar-refractivity contribution in [2.45, 2.75) is 71.5 Å². The Hall–Kier alpha value is -0.120. The van der Waals surface area contributed by atoms with Crippen LogP contribution in [0.5, 0.6) is 0 Å². The maximum atomic E-state index is 6.49. The molecule has 1 saturated carbocycles. The predicted octanol–water partition coefficient (Wildman–Crippen LogP) is 2.64. The van der Waals surface area contributed by atoms with Gasteiger partial charge in [0.15, 0.2) is 0 Å². The maximum Gasteiger partial charge on any atom is 0.0589 e. The number of hydrogen-bond acceptors (Lipinski definition) is 3. The van der Waals surface area contributed by atoms with Gasteiger partial charge in [-0.3, -0.25) is 4.90 Å². The number of nitrogens with two attached hydrogens (primary N) is 1. The summed E-state index contributed by atoms with van der Waals surface area (Å²) < 4.78 is 5.28. The smallest absolute Gasteiger partial charge is 0.0589 e. The van der Waals surface area contributed by atoms with Crippen LogP contribution in [0.2, 0.25) is 0 Å². The molecule has 0 heterocycles. The quantitative estimate of drug-likeness (QED) is 0.761. The van der Waals surface area contributed by atoms with Crippen LogP contribution in [0, 0.1) is 5.41 Å². The number of hydrogen-bond donors (Lipinski definition) is 1. The van der Waals surface area contributed by atoms with Gasteiger partial charge in [0.05, 0.1) is 6.61 Å². The van der Waals surface area contributed by atoms with Gasteiger partial charge in [-0.25, -0.2) is 0 Å². The largest absolute Gasteiger partial charge is 0.383 e. The van der Waals surface area contributed by atoms with Gasteiger partial charge in [-0.05, 0) is 31.1 Å². The number of nitrogens with zero attached hydrogens (tertiary/aromatic N) is 1. The van der Waals surface area contributed by atoms with Gasteiger partial charge in [0.25, 0.3) is 0 Å². The van der Waals surface area contributed by atoms with E-state index in [1.165, 1.54) is 25.7 Å². The van der Waals surface area contributed by atoms with E-state index in [1.807, 2.05) is 0 Å². The summed E-state index contributed by atoms with van der Waals surface area (Å²) in [6.07, 6.45) is 4.87. The van der Waals surface area contributed by atoms with Crippen molar-refractivity contribution in [3.63, 3.8) is 0 Å². The lowest BCUT2D eigenvalue weighted by atomic mass is 9.86. The van der Waals surface area contributed by atoms with Crippen molar-refractivity contribution in [2.75, 3.05) is 20.3 Å². The molecule has 2 unspecified atom stereocenters. The van der Waals surface area contributed by atoms with E-state index in [-0.39, 0.29) is 11.5 Å². The lowest BCUT2D eigenvalue weighted by Crippen LogP contribution is -2.53. The van der Waals surface area contributed by atoms with Gasteiger partial charge < -0.3 is 10.5 Å². The Labute approximate surface area is 113 Å². The third-order valence-electron chi connectivity index (χ3n) is 4.79. The van der Waals surface area contributed by atoms with E-state index >= 15 is 0 Å². The second kappa shape index (κ2) is 6.88. The van der Waals surface area contributed by atoms with E-state index in [1.54, 1.807) is 7.11 Å². The van der Waals surface area contributed by atoms with Crippen LogP contribution in [-0.4, -0.2) is 43.3 Å². The molecular formula is C15H32N2O. The Morgan fingerprint density at radius 2 is 1.94 bits per heavy atom. The molecule has 1 aliphatic carbocycles. The highest BCUT2D eigenvalue weighted by molar-refractivity contribution is 5.00. The lowest BCUT2D eigenvalue weighted by Gasteiger charge is -2.39. The minimum Gasteiger partial charge on any atom is -0.383 e. The van der Waals surface area contributed by atoms with Crippen molar-refractivity contribution in [3.8, 4) is 0 Å². The average molecular weight is 256 g/mol. The van der Waals surface area contributed by atoms with Crippen LogP contribution in [0.1, 0.15) is 53.4 Å². The Balaban J connectivity index is 2.76. The molecule has 0 radical (unpaired) electrons. The Kier molecular flexibility index (Phi) is 6.09. The van der Waals surface area contributed by atoms with Crippen molar-refractivity contribution in [2.24, 2.45) is 11.1 Å². The Bertz CT molecular complexity index is 239. The highest BCUT2D eigenvalue weighted by Crippen LogP contribution is 2.39. The molecule has 0 saturated heterocycles. The zero-order chi connectivity index (χ0) is 13.8. The first-order chi connectivity index (χ1) is 8.47. The fraction of sp³-hybridized carbons (Fsp3) is 1.00. The molecule has 1 aliphatic rings. The minimum absolute atomic E-state index is 0.280. The topological polar surface area (TPSA) is 38.5 Å². The average Bonchev–Trinajstić information content (AvgIpc) is 2.61. The maximum absolute atomic E-state index is 6.49. The molecule has 0 aromatic carbocycles. The van der Waals surface area contributed by atoms with Crippen LogP contribution in [0.4, 0.5) is 0 Å². The Morgan fingerprint density at radius 3 is 2.33 bits per heavy atom. The van der Waals surface area contributed by atoms with E-state index in [0.29, 0.717) is 12.1 Å². The number of rotatable bonds is 7. The van der Waals surface area contributed by atoms with Crippen molar-refractivity contribution in [1.29, 1.82) is 0 Å². The summed E-state index contributed by atoms with van der Waals surface area (Å²) >= 11 is 0. The van der Waals surface area contributed by atoms with Gasteiger partial charge in [-0.15, -0.1) is 0 Å². The molecule has 0 aromatic rings. The SMILES string of the molecule is CCC(CC)N(CCOC)C1CCC(C)(C)C1N. The molecule has 2 N–H and O–H groups in total. The second-order valence-electron chi connectivity index (χ2n) is 6.32. The van der Waals surface area contributed by atoms with Gasteiger partial charge in [0.1, 0.15) is 0 Å². The highest BCUT2D eigenvalue weighted by Gasteiger charge is 2.43. The summed E-state index contributed by atoms with van der Waals surface area (Å²) in [5.41, 5.74) is 6.77. The molecule has 0 spiro atoms. The molecule has 3 heteroatoms. The van der Waals surface area contributed by atoms with E-state index in [9.17, 15) is 0 Å². The number of ether oxygens (including phenoxy) is 1. The van der Waals surface area contributed by atoms with Gasteiger partial charge in [0.2, 0.25) is 0 Å². The number of methoxy groups -OCH3 is 1. The van der Waals surface area contributed by atoms with Crippen LogP contribution in [0.15, 0.2) is 0 Å². The molecular weight excluding hydrogens is 224 g/mol. The highest BCUT2D eigenvalue weighted by atomic mass is 16.5. The first kappa shape index (κ1) is 15.9. The molecule has 108 valence electrons. The van der Waals surface area contributed by atoms with Crippen LogP contribution < -0.4 is 5.73 Å². The zero-order valence-corrected chi connectivity index (χ0v) is 12.9. The van der Waals surface area contributed by atoms with Gasteiger partial charge in [0, 0.05) is 31.8 Å². The minimum atomic E-state index is 0.280. The van der Waals surface area contributed by atoms with Gasteiger partial charge in [-0.2, -0.15) is 0 Å². The molecule has 18 heavy (non-hydrogen) atoms. The first-order valence-corrected chi connectivity index (χ1v) is 7.48. The summed E-state index contributed by atoms with van der Waals surface area (Å²) in [4.78, 5) is 2.61. The molecule has 1 fully saturated rings. The van der Waals surface area contributed by atoms with Crippen molar-refractivity contribution < 1.29 is 4.74 Å². The van der Waals surface area contributed by atoms with E-state index in [2.05, 4.69) is 32.6 Å². The fourth-order valence-corrected chi connectivity index (χ4v) is 3.33. The van der Waals surface area contributed by atoms with Crippen molar-refractivity contribution in [3.05, 3.63) is 0 Å².